The van der Waals surface area contributed by atoms with Crippen LogP contribution in [0.2, 0.25) is 0 Å². The van der Waals surface area contributed by atoms with Crippen molar-refractivity contribution in [3.05, 3.63) is 58.6 Å². The molecule has 2 N–H and O–H groups in total. The Bertz CT molecular complexity index is 632. The fourth-order valence-electron chi connectivity index (χ4n) is 2.03. The summed E-state index contributed by atoms with van der Waals surface area (Å²) in [6.45, 7) is 3.04. The zero-order valence-electron chi connectivity index (χ0n) is 12.4. The molecule has 2 rings (SSSR count). The minimum atomic E-state index is -0.234. The van der Waals surface area contributed by atoms with E-state index in [1.54, 1.807) is 0 Å². The molecule has 22 heavy (non-hydrogen) atoms. The second-order valence-corrected chi connectivity index (χ2v) is 5.61. The minimum Gasteiger partial charge on any atom is -0.492 e. The molecule has 0 fully saturated rings. The first-order valence-electron chi connectivity index (χ1n) is 7.20. The zero-order valence-corrected chi connectivity index (χ0v) is 14.0. The SMILES string of the molecule is CCOc1ccccc1NC(=O)NCCc1cccc(Br)c1. The summed E-state index contributed by atoms with van der Waals surface area (Å²) >= 11 is 3.44. The van der Waals surface area contributed by atoms with Gasteiger partial charge in [-0.2, -0.15) is 0 Å². The maximum Gasteiger partial charge on any atom is 0.319 e. The number of rotatable bonds is 6. The molecule has 0 unspecified atom stereocenters. The third-order valence-corrected chi connectivity index (χ3v) is 3.52. The monoisotopic (exact) mass is 362 g/mol. The van der Waals surface area contributed by atoms with E-state index in [2.05, 4.69) is 26.6 Å². The number of amides is 2. The van der Waals surface area contributed by atoms with E-state index in [0.29, 0.717) is 24.6 Å². The van der Waals surface area contributed by atoms with Crippen molar-refractivity contribution < 1.29 is 9.53 Å². The molecule has 2 aromatic carbocycles. The van der Waals surface area contributed by atoms with Crippen molar-refractivity contribution in [2.45, 2.75) is 13.3 Å². The van der Waals surface area contributed by atoms with Gasteiger partial charge in [0.05, 0.1) is 12.3 Å². The van der Waals surface area contributed by atoms with Crippen molar-refractivity contribution in [1.82, 2.24) is 5.32 Å². The molecule has 2 amide bonds. The quantitative estimate of drug-likeness (QED) is 0.808. The third-order valence-electron chi connectivity index (χ3n) is 3.02. The molecule has 0 atom stereocenters. The molecular formula is C17H19BrN2O2. The van der Waals surface area contributed by atoms with Gasteiger partial charge in [-0.1, -0.05) is 40.2 Å². The molecule has 0 aliphatic carbocycles. The lowest BCUT2D eigenvalue weighted by atomic mass is 10.1. The lowest BCUT2D eigenvalue weighted by molar-refractivity contribution is 0.252. The first-order valence-corrected chi connectivity index (χ1v) is 7.99. The standard InChI is InChI=1S/C17H19BrN2O2/c1-2-22-16-9-4-3-8-15(16)20-17(21)19-11-10-13-6-5-7-14(18)12-13/h3-9,12H,2,10-11H2,1H3,(H2,19,20,21). The number of benzene rings is 2. The molecule has 0 aliphatic heterocycles. The fourth-order valence-corrected chi connectivity index (χ4v) is 2.48. The van der Waals surface area contributed by atoms with Gasteiger partial charge in [-0.15, -0.1) is 0 Å². The van der Waals surface area contributed by atoms with Gasteiger partial charge in [0, 0.05) is 11.0 Å². The molecule has 0 saturated carbocycles. The molecular weight excluding hydrogens is 344 g/mol. The van der Waals surface area contributed by atoms with Crippen LogP contribution in [0.15, 0.2) is 53.0 Å². The number of urea groups is 1. The Labute approximate surface area is 139 Å². The molecule has 5 heteroatoms. The number of ether oxygens (including phenoxy) is 1. The van der Waals surface area contributed by atoms with Gasteiger partial charge in [0.15, 0.2) is 0 Å². The van der Waals surface area contributed by atoms with Gasteiger partial charge in [0.25, 0.3) is 0 Å². The molecule has 0 aromatic heterocycles. The van der Waals surface area contributed by atoms with Crippen LogP contribution in [-0.2, 0) is 6.42 Å². The van der Waals surface area contributed by atoms with Crippen LogP contribution in [0.3, 0.4) is 0 Å². The van der Waals surface area contributed by atoms with Gasteiger partial charge in [-0.3, -0.25) is 0 Å². The Balaban J connectivity index is 1.83. The Kier molecular flexibility index (Phi) is 6.27. The van der Waals surface area contributed by atoms with Crippen LogP contribution in [-0.4, -0.2) is 19.2 Å². The molecule has 0 saturated heterocycles. The molecule has 0 radical (unpaired) electrons. The van der Waals surface area contributed by atoms with Gasteiger partial charge in [0.1, 0.15) is 5.75 Å². The van der Waals surface area contributed by atoms with Crippen molar-refractivity contribution in [2.24, 2.45) is 0 Å². The molecule has 0 heterocycles. The van der Waals surface area contributed by atoms with Crippen LogP contribution in [0, 0.1) is 0 Å². The summed E-state index contributed by atoms with van der Waals surface area (Å²) in [5.41, 5.74) is 1.84. The Hall–Kier alpha value is -2.01. The van der Waals surface area contributed by atoms with E-state index in [4.69, 9.17) is 4.74 Å². The third kappa shape index (κ3) is 5.07. The normalized spacial score (nSPS) is 10.1. The lowest BCUT2D eigenvalue weighted by Crippen LogP contribution is -2.30. The van der Waals surface area contributed by atoms with E-state index in [9.17, 15) is 4.79 Å². The van der Waals surface area contributed by atoms with Crippen LogP contribution in [0.4, 0.5) is 10.5 Å². The van der Waals surface area contributed by atoms with Crippen LogP contribution >= 0.6 is 15.9 Å². The number of carbonyl (C=O) groups is 1. The predicted octanol–water partition coefficient (Wildman–Crippen LogP) is 4.21. The summed E-state index contributed by atoms with van der Waals surface area (Å²) in [5, 5.41) is 5.66. The van der Waals surface area contributed by atoms with E-state index in [1.807, 2.05) is 55.5 Å². The van der Waals surface area contributed by atoms with Gasteiger partial charge in [-0.05, 0) is 43.2 Å². The summed E-state index contributed by atoms with van der Waals surface area (Å²) in [4.78, 5) is 11.9. The van der Waals surface area contributed by atoms with Gasteiger partial charge >= 0.3 is 6.03 Å². The van der Waals surface area contributed by atoms with Crippen LogP contribution in [0.5, 0.6) is 5.75 Å². The summed E-state index contributed by atoms with van der Waals surface area (Å²) < 4.78 is 6.52. The van der Waals surface area contributed by atoms with E-state index in [0.717, 1.165) is 10.9 Å². The van der Waals surface area contributed by atoms with Crippen molar-refractivity contribution in [3.8, 4) is 5.75 Å². The average molecular weight is 363 g/mol. The van der Waals surface area contributed by atoms with E-state index in [1.165, 1.54) is 5.56 Å². The number of carbonyl (C=O) groups excluding carboxylic acids is 1. The Morgan fingerprint density at radius 2 is 2.00 bits per heavy atom. The maximum absolute atomic E-state index is 11.9. The van der Waals surface area contributed by atoms with Crippen molar-refractivity contribution >= 4 is 27.6 Å². The number of para-hydroxylation sites is 2. The summed E-state index contributed by atoms with van der Waals surface area (Å²) in [6.07, 6.45) is 0.778. The number of hydrogen-bond donors (Lipinski definition) is 2. The highest BCUT2D eigenvalue weighted by molar-refractivity contribution is 9.10. The highest BCUT2D eigenvalue weighted by atomic mass is 79.9. The highest BCUT2D eigenvalue weighted by Gasteiger charge is 2.06. The zero-order chi connectivity index (χ0) is 15.8. The van der Waals surface area contributed by atoms with E-state index >= 15 is 0 Å². The number of nitrogens with one attached hydrogen (secondary N) is 2. The van der Waals surface area contributed by atoms with Crippen molar-refractivity contribution in [1.29, 1.82) is 0 Å². The largest absolute Gasteiger partial charge is 0.492 e. The first-order chi connectivity index (χ1) is 10.7. The smallest absolute Gasteiger partial charge is 0.319 e. The van der Waals surface area contributed by atoms with Gasteiger partial charge < -0.3 is 15.4 Å². The molecule has 0 spiro atoms. The lowest BCUT2D eigenvalue weighted by Gasteiger charge is -2.12. The number of halogens is 1. The molecule has 0 bridgehead atoms. The second-order valence-electron chi connectivity index (χ2n) is 4.69. The summed E-state index contributed by atoms with van der Waals surface area (Å²) in [5.74, 6) is 0.673. The van der Waals surface area contributed by atoms with Crippen molar-refractivity contribution in [2.75, 3.05) is 18.5 Å². The Morgan fingerprint density at radius 3 is 2.77 bits per heavy atom. The van der Waals surface area contributed by atoms with Crippen LogP contribution in [0.25, 0.3) is 0 Å². The molecule has 0 aliphatic rings. The molecule has 116 valence electrons. The van der Waals surface area contributed by atoms with Crippen molar-refractivity contribution in [3.63, 3.8) is 0 Å². The fraction of sp³-hybridized carbons (Fsp3) is 0.235. The van der Waals surface area contributed by atoms with Crippen LogP contribution in [0.1, 0.15) is 12.5 Å². The van der Waals surface area contributed by atoms with E-state index < -0.39 is 0 Å². The topological polar surface area (TPSA) is 50.4 Å². The average Bonchev–Trinajstić information content (AvgIpc) is 2.49. The number of hydrogen-bond acceptors (Lipinski definition) is 2. The molecule has 4 nitrogen and oxygen atoms in total. The minimum absolute atomic E-state index is 0.234. The molecule has 2 aromatic rings. The van der Waals surface area contributed by atoms with Crippen LogP contribution < -0.4 is 15.4 Å². The van der Waals surface area contributed by atoms with Gasteiger partial charge in [-0.25, -0.2) is 4.79 Å². The summed E-state index contributed by atoms with van der Waals surface area (Å²) in [6, 6.07) is 15.2. The van der Waals surface area contributed by atoms with Gasteiger partial charge in [0.2, 0.25) is 0 Å². The summed E-state index contributed by atoms with van der Waals surface area (Å²) in [7, 11) is 0. The maximum atomic E-state index is 11.9. The number of anilines is 1. The predicted molar refractivity (Wildman–Crippen MR) is 92.5 cm³/mol. The second kappa shape index (κ2) is 8.44. The van der Waals surface area contributed by atoms with E-state index in [-0.39, 0.29) is 6.03 Å². The Morgan fingerprint density at radius 1 is 1.18 bits per heavy atom. The highest BCUT2D eigenvalue weighted by Crippen LogP contribution is 2.23. The first kappa shape index (κ1) is 16.4.